The average molecular weight is 234 g/mol. The topological polar surface area (TPSA) is 38.0 Å². The van der Waals surface area contributed by atoms with E-state index in [4.69, 9.17) is 12.3 Å². The molecular formula is C15H26N2. The van der Waals surface area contributed by atoms with Crippen molar-refractivity contribution in [3.8, 4) is 12.3 Å². The highest BCUT2D eigenvalue weighted by molar-refractivity contribution is 4.91. The van der Waals surface area contributed by atoms with Crippen LogP contribution < -0.4 is 11.3 Å². The van der Waals surface area contributed by atoms with E-state index >= 15 is 0 Å². The second-order valence-electron chi connectivity index (χ2n) is 5.89. The second-order valence-corrected chi connectivity index (χ2v) is 5.89. The summed E-state index contributed by atoms with van der Waals surface area (Å²) in [6, 6.07) is 0.439. The number of rotatable bonds is 4. The molecular weight excluding hydrogens is 208 g/mol. The van der Waals surface area contributed by atoms with E-state index in [0.29, 0.717) is 6.04 Å². The van der Waals surface area contributed by atoms with Gasteiger partial charge in [-0.05, 0) is 43.4 Å². The highest BCUT2D eigenvalue weighted by Gasteiger charge is 2.34. The zero-order chi connectivity index (χ0) is 12.1. The van der Waals surface area contributed by atoms with Crippen LogP contribution in [0.1, 0.15) is 57.8 Å². The normalized spacial score (nSPS) is 34.7. The van der Waals surface area contributed by atoms with Gasteiger partial charge in [0.05, 0.1) is 0 Å². The lowest BCUT2D eigenvalue weighted by atomic mass is 9.66. The number of nitrogens with one attached hydrogen (secondary N) is 1. The molecule has 0 radical (unpaired) electrons. The number of hydrogen-bond donors (Lipinski definition) is 2. The van der Waals surface area contributed by atoms with Gasteiger partial charge in [-0.2, -0.15) is 0 Å². The number of terminal acetylenes is 1. The zero-order valence-corrected chi connectivity index (χ0v) is 10.8. The zero-order valence-electron chi connectivity index (χ0n) is 10.8. The molecule has 2 aliphatic rings. The minimum Gasteiger partial charge on any atom is -0.271 e. The van der Waals surface area contributed by atoms with Crippen LogP contribution >= 0.6 is 0 Å². The SMILES string of the molecule is C#CCCC(NN)C1CCC2CCCCC2C1. The largest absolute Gasteiger partial charge is 0.271 e. The Labute approximate surface area is 106 Å². The van der Waals surface area contributed by atoms with Crippen LogP contribution in [-0.4, -0.2) is 6.04 Å². The molecule has 0 aliphatic heterocycles. The van der Waals surface area contributed by atoms with Crippen LogP contribution in [0.5, 0.6) is 0 Å². The van der Waals surface area contributed by atoms with E-state index in [1.165, 1.54) is 44.9 Å². The summed E-state index contributed by atoms with van der Waals surface area (Å²) in [5.74, 6) is 11.2. The van der Waals surface area contributed by atoms with Gasteiger partial charge < -0.3 is 0 Å². The molecule has 96 valence electrons. The van der Waals surface area contributed by atoms with E-state index < -0.39 is 0 Å². The highest BCUT2D eigenvalue weighted by Crippen LogP contribution is 2.43. The monoisotopic (exact) mass is 234 g/mol. The van der Waals surface area contributed by atoms with E-state index in [-0.39, 0.29) is 0 Å². The van der Waals surface area contributed by atoms with E-state index in [1.807, 2.05) is 0 Å². The molecule has 0 amide bonds. The first kappa shape index (κ1) is 12.9. The molecule has 0 aromatic carbocycles. The molecule has 2 heteroatoms. The van der Waals surface area contributed by atoms with E-state index in [9.17, 15) is 0 Å². The van der Waals surface area contributed by atoms with Crippen molar-refractivity contribution in [2.24, 2.45) is 23.6 Å². The van der Waals surface area contributed by atoms with Crippen molar-refractivity contribution in [3.63, 3.8) is 0 Å². The average Bonchev–Trinajstić information content (AvgIpc) is 2.39. The van der Waals surface area contributed by atoms with Gasteiger partial charge in [0.1, 0.15) is 0 Å². The minimum atomic E-state index is 0.439. The molecule has 4 atom stereocenters. The molecule has 4 unspecified atom stereocenters. The van der Waals surface area contributed by atoms with Crippen molar-refractivity contribution in [1.82, 2.24) is 5.43 Å². The Morgan fingerprint density at radius 2 is 1.94 bits per heavy atom. The summed E-state index contributed by atoms with van der Waals surface area (Å²) in [4.78, 5) is 0. The standard InChI is InChI=1S/C15H26N2/c1-2-3-8-15(17-16)14-10-9-12-6-4-5-7-13(12)11-14/h1,12-15,17H,3-11,16H2. The Hall–Kier alpha value is -0.520. The molecule has 2 aliphatic carbocycles. The van der Waals surface area contributed by atoms with Gasteiger partial charge in [0.2, 0.25) is 0 Å². The predicted molar refractivity (Wildman–Crippen MR) is 72.0 cm³/mol. The van der Waals surface area contributed by atoms with Crippen LogP contribution in [0.2, 0.25) is 0 Å². The lowest BCUT2D eigenvalue weighted by Crippen LogP contribution is -2.44. The maximum Gasteiger partial charge on any atom is 0.0247 e. The smallest absolute Gasteiger partial charge is 0.0247 e. The van der Waals surface area contributed by atoms with Crippen molar-refractivity contribution in [2.45, 2.75) is 63.8 Å². The Morgan fingerprint density at radius 1 is 1.18 bits per heavy atom. The van der Waals surface area contributed by atoms with Crippen molar-refractivity contribution in [2.75, 3.05) is 0 Å². The first-order chi connectivity index (χ1) is 8.35. The second kappa shape index (κ2) is 6.42. The Bertz CT molecular complexity index is 269. The van der Waals surface area contributed by atoms with Crippen molar-refractivity contribution < 1.29 is 0 Å². The van der Waals surface area contributed by atoms with E-state index in [0.717, 1.165) is 30.6 Å². The summed E-state index contributed by atoms with van der Waals surface area (Å²) < 4.78 is 0. The fourth-order valence-electron chi connectivity index (χ4n) is 3.97. The number of fused-ring (bicyclic) bond motifs is 1. The summed E-state index contributed by atoms with van der Waals surface area (Å²) in [5.41, 5.74) is 3.01. The molecule has 0 aromatic heterocycles. The van der Waals surface area contributed by atoms with Crippen LogP contribution in [0.4, 0.5) is 0 Å². The first-order valence-corrected chi connectivity index (χ1v) is 7.24. The molecule has 3 N–H and O–H groups in total. The molecule has 0 aromatic rings. The molecule has 0 spiro atoms. The van der Waals surface area contributed by atoms with Crippen LogP contribution in [0.15, 0.2) is 0 Å². The molecule has 2 rings (SSSR count). The van der Waals surface area contributed by atoms with Gasteiger partial charge in [-0.1, -0.05) is 25.7 Å². The first-order valence-electron chi connectivity index (χ1n) is 7.24. The number of hydrogen-bond acceptors (Lipinski definition) is 2. The Morgan fingerprint density at radius 3 is 2.65 bits per heavy atom. The van der Waals surface area contributed by atoms with Crippen LogP contribution in [0.25, 0.3) is 0 Å². The van der Waals surface area contributed by atoms with Crippen LogP contribution in [0, 0.1) is 30.1 Å². The quantitative estimate of drug-likeness (QED) is 0.446. The van der Waals surface area contributed by atoms with Gasteiger partial charge in [0, 0.05) is 12.5 Å². The van der Waals surface area contributed by atoms with E-state index in [1.54, 1.807) is 0 Å². The lowest BCUT2D eigenvalue weighted by Gasteiger charge is -2.41. The molecule has 0 bridgehead atoms. The molecule has 2 saturated carbocycles. The minimum absolute atomic E-state index is 0.439. The van der Waals surface area contributed by atoms with Gasteiger partial charge in [0.15, 0.2) is 0 Å². The van der Waals surface area contributed by atoms with Crippen molar-refractivity contribution in [3.05, 3.63) is 0 Å². The molecule has 2 fully saturated rings. The van der Waals surface area contributed by atoms with Gasteiger partial charge in [0.25, 0.3) is 0 Å². The van der Waals surface area contributed by atoms with Crippen molar-refractivity contribution in [1.29, 1.82) is 0 Å². The van der Waals surface area contributed by atoms with Crippen LogP contribution in [0.3, 0.4) is 0 Å². The third kappa shape index (κ3) is 3.24. The number of hydrazine groups is 1. The van der Waals surface area contributed by atoms with E-state index in [2.05, 4.69) is 11.3 Å². The number of nitrogens with two attached hydrogens (primary N) is 1. The molecule has 17 heavy (non-hydrogen) atoms. The molecule has 0 heterocycles. The maximum absolute atomic E-state index is 5.69. The lowest BCUT2D eigenvalue weighted by molar-refractivity contribution is 0.107. The third-order valence-electron chi connectivity index (χ3n) is 4.96. The maximum atomic E-state index is 5.69. The predicted octanol–water partition coefficient (Wildman–Crippen LogP) is 2.84. The fourth-order valence-corrected chi connectivity index (χ4v) is 3.97. The summed E-state index contributed by atoms with van der Waals surface area (Å²) in [7, 11) is 0. The third-order valence-corrected chi connectivity index (χ3v) is 4.96. The van der Waals surface area contributed by atoms with Gasteiger partial charge in [-0.3, -0.25) is 11.3 Å². The molecule has 0 saturated heterocycles. The van der Waals surface area contributed by atoms with Gasteiger partial charge in [-0.15, -0.1) is 12.3 Å². The highest BCUT2D eigenvalue weighted by atomic mass is 15.2. The summed E-state index contributed by atoms with van der Waals surface area (Å²) in [5, 5.41) is 0. The Balaban J connectivity index is 1.87. The Kier molecular flexibility index (Phi) is 4.88. The summed E-state index contributed by atoms with van der Waals surface area (Å²) >= 11 is 0. The van der Waals surface area contributed by atoms with Crippen molar-refractivity contribution >= 4 is 0 Å². The fraction of sp³-hybridized carbons (Fsp3) is 0.867. The summed E-state index contributed by atoms with van der Waals surface area (Å²) in [6.45, 7) is 0. The molecule has 2 nitrogen and oxygen atoms in total. The van der Waals surface area contributed by atoms with Crippen LogP contribution in [-0.2, 0) is 0 Å². The van der Waals surface area contributed by atoms with Gasteiger partial charge >= 0.3 is 0 Å². The van der Waals surface area contributed by atoms with Gasteiger partial charge in [-0.25, -0.2) is 0 Å². The summed E-state index contributed by atoms with van der Waals surface area (Å²) in [6.07, 6.45) is 17.2.